The second-order valence-corrected chi connectivity index (χ2v) is 5.94. The first kappa shape index (κ1) is 17.6. The Bertz CT molecular complexity index is 837. The van der Waals surface area contributed by atoms with E-state index in [2.05, 4.69) is 15.3 Å². The summed E-state index contributed by atoms with van der Waals surface area (Å²) in [5.41, 5.74) is 3.43. The van der Waals surface area contributed by atoms with Gasteiger partial charge in [0.05, 0.1) is 23.5 Å². The second-order valence-electron chi connectivity index (χ2n) is 5.94. The number of aromatic nitrogens is 2. The molecule has 0 aliphatic heterocycles. The molecule has 0 spiro atoms. The highest BCUT2D eigenvalue weighted by Crippen LogP contribution is 2.14. The molecular weight excluding hydrogens is 324 g/mol. The standard InChI is InChI=1S/C21H22N4O/c1-2-25(16-17-8-4-3-5-9-17)21(26)18-12-20(14-22-13-18)24-15-19-10-6-7-11-23-19/h3-14,24H,2,15-16H2,1H3. The first-order valence-corrected chi connectivity index (χ1v) is 8.68. The Morgan fingerprint density at radius 1 is 1.08 bits per heavy atom. The van der Waals surface area contributed by atoms with Gasteiger partial charge in [-0.2, -0.15) is 0 Å². The maximum atomic E-state index is 12.9. The number of carbonyl (C=O) groups excluding carboxylic acids is 1. The van der Waals surface area contributed by atoms with Gasteiger partial charge in [0.2, 0.25) is 0 Å². The Kier molecular flexibility index (Phi) is 5.93. The molecule has 0 saturated carbocycles. The van der Waals surface area contributed by atoms with Gasteiger partial charge in [-0.1, -0.05) is 36.4 Å². The van der Waals surface area contributed by atoms with Gasteiger partial charge in [-0.15, -0.1) is 0 Å². The lowest BCUT2D eigenvalue weighted by molar-refractivity contribution is 0.0752. The van der Waals surface area contributed by atoms with E-state index in [1.165, 1.54) is 0 Å². The third kappa shape index (κ3) is 4.66. The number of rotatable bonds is 7. The lowest BCUT2D eigenvalue weighted by atomic mass is 10.2. The van der Waals surface area contributed by atoms with Crippen molar-refractivity contribution in [3.63, 3.8) is 0 Å². The van der Waals surface area contributed by atoms with Crippen LogP contribution in [0, 0.1) is 0 Å². The Labute approximate surface area is 153 Å². The molecule has 3 rings (SSSR count). The predicted octanol–water partition coefficient (Wildman–Crippen LogP) is 3.75. The molecule has 5 nitrogen and oxygen atoms in total. The lowest BCUT2D eigenvalue weighted by Crippen LogP contribution is -2.30. The summed E-state index contributed by atoms with van der Waals surface area (Å²) in [6.45, 7) is 3.79. The van der Waals surface area contributed by atoms with Gasteiger partial charge in [-0.05, 0) is 30.7 Å². The van der Waals surface area contributed by atoms with E-state index in [1.54, 1.807) is 18.6 Å². The summed E-state index contributed by atoms with van der Waals surface area (Å²) in [5.74, 6) is -0.0228. The minimum Gasteiger partial charge on any atom is -0.378 e. The van der Waals surface area contributed by atoms with Crippen LogP contribution in [0.5, 0.6) is 0 Å². The van der Waals surface area contributed by atoms with Crippen molar-refractivity contribution >= 4 is 11.6 Å². The van der Waals surface area contributed by atoms with Crippen LogP contribution < -0.4 is 5.32 Å². The number of nitrogens with zero attached hydrogens (tertiary/aromatic N) is 3. The molecule has 0 radical (unpaired) electrons. The normalized spacial score (nSPS) is 10.3. The van der Waals surface area contributed by atoms with Crippen molar-refractivity contribution in [2.75, 3.05) is 11.9 Å². The highest BCUT2D eigenvalue weighted by Gasteiger charge is 2.15. The minimum atomic E-state index is -0.0228. The SMILES string of the molecule is CCN(Cc1ccccc1)C(=O)c1cncc(NCc2ccccn2)c1. The van der Waals surface area contributed by atoms with Gasteiger partial charge in [-0.25, -0.2) is 0 Å². The van der Waals surface area contributed by atoms with Gasteiger partial charge in [0, 0.05) is 31.7 Å². The van der Waals surface area contributed by atoms with E-state index in [0.717, 1.165) is 16.9 Å². The molecule has 5 heteroatoms. The number of benzene rings is 1. The maximum absolute atomic E-state index is 12.9. The monoisotopic (exact) mass is 346 g/mol. The van der Waals surface area contributed by atoms with Crippen LogP contribution in [0.15, 0.2) is 73.2 Å². The predicted molar refractivity (Wildman–Crippen MR) is 103 cm³/mol. The molecule has 3 aromatic rings. The van der Waals surface area contributed by atoms with E-state index < -0.39 is 0 Å². The van der Waals surface area contributed by atoms with Crippen molar-refractivity contribution in [3.8, 4) is 0 Å². The van der Waals surface area contributed by atoms with Gasteiger partial charge in [0.15, 0.2) is 0 Å². The molecule has 0 aliphatic rings. The van der Waals surface area contributed by atoms with Crippen molar-refractivity contribution in [2.45, 2.75) is 20.0 Å². The van der Waals surface area contributed by atoms with Crippen LogP contribution in [0.25, 0.3) is 0 Å². The van der Waals surface area contributed by atoms with E-state index in [4.69, 9.17) is 0 Å². The number of nitrogens with one attached hydrogen (secondary N) is 1. The number of amides is 1. The Balaban J connectivity index is 1.68. The molecule has 26 heavy (non-hydrogen) atoms. The summed E-state index contributed by atoms with van der Waals surface area (Å²) >= 11 is 0. The molecule has 0 unspecified atom stereocenters. The van der Waals surface area contributed by atoms with Crippen LogP contribution in [0.1, 0.15) is 28.5 Å². The highest BCUT2D eigenvalue weighted by molar-refractivity contribution is 5.94. The third-order valence-corrected chi connectivity index (χ3v) is 4.07. The van der Waals surface area contributed by atoms with Gasteiger partial charge in [0.1, 0.15) is 0 Å². The minimum absolute atomic E-state index is 0.0228. The van der Waals surface area contributed by atoms with Crippen molar-refractivity contribution in [1.82, 2.24) is 14.9 Å². The number of anilines is 1. The highest BCUT2D eigenvalue weighted by atomic mass is 16.2. The lowest BCUT2D eigenvalue weighted by Gasteiger charge is -2.21. The third-order valence-electron chi connectivity index (χ3n) is 4.07. The molecule has 1 N–H and O–H groups in total. The summed E-state index contributed by atoms with van der Waals surface area (Å²) in [4.78, 5) is 23.2. The molecular formula is C21H22N4O. The molecule has 0 atom stereocenters. The molecule has 2 heterocycles. The van der Waals surface area contributed by atoms with E-state index in [-0.39, 0.29) is 5.91 Å². The topological polar surface area (TPSA) is 58.1 Å². The van der Waals surface area contributed by atoms with E-state index in [9.17, 15) is 4.79 Å². The van der Waals surface area contributed by atoms with Crippen molar-refractivity contribution in [1.29, 1.82) is 0 Å². The fraction of sp³-hybridized carbons (Fsp3) is 0.190. The Morgan fingerprint density at radius 3 is 2.62 bits per heavy atom. The average Bonchev–Trinajstić information content (AvgIpc) is 2.72. The number of carbonyl (C=O) groups is 1. The largest absolute Gasteiger partial charge is 0.378 e. The smallest absolute Gasteiger partial charge is 0.255 e. The zero-order valence-corrected chi connectivity index (χ0v) is 14.8. The van der Waals surface area contributed by atoms with E-state index in [1.807, 2.05) is 66.4 Å². The molecule has 0 aliphatic carbocycles. The van der Waals surface area contributed by atoms with Gasteiger partial charge < -0.3 is 10.2 Å². The zero-order chi connectivity index (χ0) is 18.2. The Hall–Kier alpha value is -3.21. The van der Waals surface area contributed by atoms with Crippen LogP contribution in [-0.4, -0.2) is 27.3 Å². The van der Waals surface area contributed by atoms with Crippen molar-refractivity contribution in [3.05, 3.63) is 90.0 Å². The Morgan fingerprint density at radius 2 is 1.88 bits per heavy atom. The molecule has 1 aromatic carbocycles. The first-order valence-electron chi connectivity index (χ1n) is 8.68. The van der Waals surface area contributed by atoms with Gasteiger partial charge >= 0.3 is 0 Å². The number of hydrogen-bond donors (Lipinski definition) is 1. The first-order chi connectivity index (χ1) is 12.8. The summed E-state index contributed by atoms with van der Waals surface area (Å²) in [6.07, 6.45) is 5.09. The van der Waals surface area contributed by atoms with Gasteiger partial charge in [0.25, 0.3) is 5.91 Å². The quantitative estimate of drug-likeness (QED) is 0.708. The van der Waals surface area contributed by atoms with E-state index >= 15 is 0 Å². The average molecular weight is 346 g/mol. The van der Waals surface area contributed by atoms with Crippen LogP contribution in [0.3, 0.4) is 0 Å². The summed E-state index contributed by atoms with van der Waals surface area (Å²) < 4.78 is 0. The van der Waals surface area contributed by atoms with Crippen LogP contribution in [0.2, 0.25) is 0 Å². The number of hydrogen-bond acceptors (Lipinski definition) is 4. The molecule has 132 valence electrons. The van der Waals surface area contributed by atoms with E-state index in [0.29, 0.717) is 25.2 Å². The van der Waals surface area contributed by atoms with Crippen LogP contribution in [0.4, 0.5) is 5.69 Å². The zero-order valence-electron chi connectivity index (χ0n) is 14.8. The molecule has 2 aromatic heterocycles. The summed E-state index contributed by atoms with van der Waals surface area (Å²) in [7, 11) is 0. The van der Waals surface area contributed by atoms with Gasteiger partial charge in [-0.3, -0.25) is 14.8 Å². The second kappa shape index (κ2) is 8.76. The van der Waals surface area contributed by atoms with Crippen molar-refractivity contribution in [2.24, 2.45) is 0 Å². The molecule has 0 fully saturated rings. The fourth-order valence-corrected chi connectivity index (χ4v) is 2.66. The molecule has 0 saturated heterocycles. The fourth-order valence-electron chi connectivity index (χ4n) is 2.66. The molecule has 1 amide bonds. The number of pyridine rings is 2. The summed E-state index contributed by atoms with van der Waals surface area (Å²) in [6, 6.07) is 17.6. The maximum Gasteiger partial charge on any atom is 0.255 e. The van der Waals surface area contributed by atoms with Crippen molar-refractivity contribution < 1.29 is 4.79 Å². The molecule has 0 bridgehead atoms. The van der Waals surface area contributed by atoms with Crippen LogP contribution in [-0.2, 0) is 13.1 Å². The van der Waals surface area contributed by atoms with Crippen LogP contribution >= 0.6 is 0 Å². The summed E-state index contributed by atoms with van der Waals surface area (Å²) in [5, 5.41) is 3.27.